The summed E-state index contributed by atoms with van der Waals surface area (Å²) in [6, 6.07) is 0. The Kier molecular flexibility index (Phi) is 6.42. The number of thioether (sulfide) groups is 1. The zero-order valence-electron chi connectivity index (χ0n) is 9.87. The minimum absolute atomic E-state index is 0.153. The maximum atomic E-state index is 11.6. The van der Waals surface area contributed by atoms with Crippen molar-refractivity contribution in [1.29, 1.82) is 5.26 Å². The van der Waals surface area contributed by atoms with E-state index in [9.17, 15) is 4.79 Å². The molecule has 0 unspecified atom stereocenters. The van der Waals surface area contributed by atoms with Crippen molar-refractivity contribution in [2.45, 2.75) is 34.1 Å². The molecule has 15 heavy (non-hydrogen) atoms. The lowest BCUT2D eigenvalue weighted by Gasteiger charge is -2.26. The van der Waals surface area contributed by atoms with Crippen molar-refractivity contribution in [2.75, 3.05) is 12.4 Å². The lowest BCUT2D eigenvalue weighted by Crippen LogP contribution is -2.32. The zero-order valence-corrected chi connectivity index (χ0v) is 10.7. The molecule has 3 nitrogen and oxygen atoms in total. The molecule has 86 valence electrons. The molecule has 0 aliphatic heterocycles. The Balaban J connectivity index is 3.80. The second-order valence-corrected chi connectivity index (χ2v) is 5.19. The first-order valence-electron chi connectivity index (χ1n) is 5.11. The van der Waals surface area contributed by atoms with Crippen LogP contribution in [0.1, 0.15) is 34.1 Å². The third-order valence-corrected chi connectivity index (χ3v) is 3.28. The first-order chi connectivity index (χ1) is 6.92. The lowest BCUT2D eigenvalue weighted by atomic mass is 9.81. The fraction of sp³-hybridized carbons (Fsp3) is 0.818. The van der Waals surface area contributed by atoms with Crippen LogP contribution in [0.15, 0.2) is 0 Å². The van der Waals surface area contributed by atoms with E-state index in [1.165, 1.54) is 11.8 Å². The highest BCUT2D eigenvalue weighted by Crippen LogP contribution is 2.27. The molecule has 0 fully saturated rings. The molecule has 4 heteroatoms. The minimum atomic E-state index is -0.428. The molecule has 0 aromatic rings. The molecule has 0 saturated heterocycles. The van der Waals surface area contributed by atoms with Crippen molar-refractivity contribution in [3.05, 3.63) is 0 Å². The SMILES string of the molecule is CC(C)C(C)(C)C(=O)OCCCSC#N. The van der Waals surface area contributed by atoms with Gasteiger partial charge in [0.25, 0.3) is 0 Å². The first-order valence-corrected chi connectivity index (χ1v) is 6.09. The molecule has 0 aliphatic carbocycles. The summed E-state index contributed by atoms with van der Waals surface area (Å²) in [5.74, 6) is 0.823. The predicted octanol–water partition coefficient (Wildman–Crippen LogP) is 2.82. The Hall–Kier alpha value is -0.690. The molecule has 0 heterocycles. The molecule has 0 radical (unpaired) electrons. The predicted molar refractivity (Wildman–Crippen MR) is 62.3 cm³/mol. The van der Waals surface area contributed by atoms with E-state index in [4.69, 9.17) is 10.00 Å². The second-order valence-electron chi connectivity index (χ2n) is 4.31. The maximum Gasteiger partial charge on any atom is 0.311 e. The summed E-state index contributed by atoms with van der Waals surface area (Å²) < 4.78 is 5.15. The summed E-state index contributed by atoms with van der Waals surface area (Å²) >= 11 is 1.19. The van der Waals surface area contributed by atoms with Crippen LogP contribution in [0.3, 0.4) is 0 Å². The van der Waals surface area contributed by atoms with Crippen LogP contribution in [0.5, 0.6) is 0 Å². The van der Waals surface area contributed by atoms with Crippen molar-refractivity contribution in [3.8, 4) is 5.40 Å². The molecule has 0 spiro atoms. The molecule has 0 bridgehead atoms. The smallest absolute Gasteiger partial charge is 0.311 e. The number of hydrogen-bond donors (Lipinski definition) is 0. The average Bonchev–Trinajstić information content (AvgIpc) is 2.16. The molecule has 0 saturated carbocycles. The monoisotopic (exact) mass is 229 g/mol. The van der Waals surface area contributed by atoms with Gasteiger partial charge in [-0.2, -0.15) is 5.26 Å². The van der Waals surface area contributed by atoms with Crippen LogP contribution < -0.4 is 0 Å². The number of nitriles is 1. The Morgan fingerprint density at radius 3 is 2.60 bits per heavy atom. The van der Waals surface area contributed by atoms with Crippen LogP contribution in [0.25, 0.3) is 0 Å². The van der Waals surface area contributed by atoms with Crippen LogP contribution in [-0.2, 0) is 9.53 Å². The third-order valence-electron chi connectivity index (χ3n) is 2.66. The van der Waals surface area contributed by atoms with Gasteiger partial charge in [-0.3, -0.25) is 4.79 Å². The van der Waals surface area contributed by atoms with Crippen molar-refractivity contribution in [2.24, 2.45) is 11.3 Å². The number of esters is 1. The van der Waals surface area contributed by atoms with Crippen molar-refractivity contribution < 1.29 is 9.53 Å². The molecule has 0 rings (SSSR count). The number of carbonyl (C=O) groups excluding carboxylic acids is 1. The van der Waals surface area contributed by atoms with Gasteiger partial charge in [-0.15, -0.1) is 0 Å². The summed E-state index contributed by atoms with van der Waals surface area (Å²) in [4.78, 5) is 11.6. The van der Waals surface area contributed by atoms with Gasteiger partial charge < -0.3 is 4.74 Å². The van der Waals surface area contributed by atoms with Gasteiger partial charge in [-0.05, 0) is 37.9 Å². The van der Waals surface area contributed by atoms with Gasteiger partial charge >= 0.3 is 5.97 Å². The highest BCUT2D eigenvalue weighted by Gasteiger charge is 2.32. The summed E-state index contributed by atoms with van der Waals surface area (Å²) in [6.07, 6.45) is 0.734. The number of carbonyl (C=O) groups is 1. The summed E-state index contributed by atoms with van der Waals surface area (Å²) in [6.45, 7) is 8.21. The first kappa shape index (κ1) is 14.3. The van der Waals surface area contributed by atoms with E-state index >= 15 is 0 Å². The normalized spacial score (nSPS) is 11.2. The molecule has 0 N–H and O–H groups in total. The molecule has 0 aliphatic rings. The van der Waals surface area contributed by atoms with E-state index in [-0.39, 0.29) is 11.9 Å². The van der Waals surface area contributed by atoms with Gasteiger partial charge in [0, 0.05) is 5.75 Å². The Morgan fingerprint density at radius 2 is 2.13 bits per heavy atom. The molecular formula is C11H19NO2S. The van der Waals surface area contributed by atoms with Crippen LogP contribution in [0.4, 0.5) is 0 Å². The average molecular weight is 229 g/mol. The van der Waals surface area contributed by atoms with E-state index in [0.717, 1.165) is 6.42 Å². The second kappa shape index (κ2) is 6.73. The number of thiocyanates is 1. The highest BCUT2D eigenvalue weighted by atomic mass is 32.2. The topological polar surface area (TPSA) is 50.1 Å². The molecule has 0 aromatic heterocycles. The number of nitrogens with zero attached hydrogens (tertiary/aromatic N) is 1. The Labute approximate surface area is 96.2 Å². The van der Waals surface area contributed by atoms with Crippen LogP contribution in [-0.4, -0.2) is 18.3 Å². The van der Waals surface area contributed by atoms with Gasteiger partial charge in [0.1, 0.15) is 5.40 Å². The van der Waals surface area contributed by atoms with Crippen molar-refractivity contribution in [1.82, 2.24) is 0 Å². The van der Waals surface area contributed by atoms with E-state index in [2.05, 4.69) is 0 Å². The number of rotatable bonds is 6. The van der Waals surface area contributed by atoms with Crippen LogP contribution >= 0.6 is 11.8 Å². The maximum absolute atomic E-state index is 11.6. The molecule has 0 aromatic carbocycles. The molecule has 0 atom stereocenters. The standard InChI is InChI=1S/C11H19NO2S/c1-9(2)11(3,4)10(13)14-6-5-7-15-8-12/h9H,5-7H2,1-4H3. The fourth-order valence-electron chi connectivity index (χ4n) is 0.763. The number of hydrogen-bond acceptors (Lipinski definition) is 4. The third kappa shape index (κ3) is 5.08. The van der Waals surface area contributed by atoms with Gasteiger partial charge in [0.2, 0.25) is 0 Å². The van der Waals surface area contributed by atoms with E-state index in [1.807, 2.05) is 33.1 Å². The molecular weight excluding hydrogens is 210 g/mol. The van der Waals surface area contributed by atoms with Crippen LogP contribution in [0.2, 0.25) is 0 Å². The van der Waals surface area contributed by atoms with Gasteiger partial charge in [0.05, 0.1) is 12.0 Å². The Bertz CT molecular complexity index is 243. The van der Waals surface area contributed by atoms with Crippen LogP contribution in [0, 0.1) is 22.0 Å². The van der Waals surface area contributed by atoms with E-state index in [0.29, 0.717) is 12.4 Å². The van der Waals surface area contributed by atoms with Crippen molar-refractivity contribution in [3.63, 3.8) is 0 Å². The number of ether oxygens (including phenoxy) is 1. The van der Waals surface area contributed by atoms with E-state index in [1.54, 1.807) is 0 Å². The summed E-state index contributed by atoms with van der Waals surface area (Å²) in [5, 5.41) is 10.3. The molecule has 0 amide bonds. The largest absolute Gasteiger partial charge is 0.465 e. The van der Waals surface area contributed by atoms with Gasteiger partial charge in [-0.25, -0.2) is 0 Å². The zero-order chi connectivity index (χ0) is 11.9. The van der Waals surface area contributed by atoms with Gasteiger partial charge in [0.15, 0.2) is 0 Å². The summed E-state index contributed by atoms with van der Waals surface area (Å²) in [7, 11) is 0. The highest BCUT2D eigenvalue weighted by molar-refractivity contribution is 8.03. The van der Waals surface area contributed by atoms with Crippen molar-refractivity contribution >= 4 is 17.7 Å². The van der Waals surface area contributed by atoms with Gasteiger partial charge in [-0.1, -0.05) is 13.8 Å². The quantitative estimate of drug-likeness (QED) is 0.399. The minimum Gasteiger partial charge on any atom is -0.465 e. The fourth-order valence-corrected chi connectivity index (χ4v) is 1.12. The summed E-state index contributed by atoms with van der Waals surface area (Å²) in [5.41, 5.74) is -0.428. The lowest BCUT2D eigenvalue weighted by molar-refractivity contribution is -0.156. The van der Waals surface area contributed by atoms with E-state index < -0.39 is 5.41 Å². The Morgan fingerprint density at radius 1 is 1.53 bits per heavy atom.